The monoisotopic (exact) mass is 198 g/mol. The van der Waals surface area contributed by atoms with E-state index in [0.29, 0.717) is 0 Å². The molecule has 1 rings (SSSR count). The van der Waals surface area contributed by atoms with Gasteiger partial charge >= 0.3 is 0 Å². The summed E-state index contributed by atoms with van der Waals surface area (Å²) in [7, 11) is 0. The highest BCUT2D eigenvalue weighted by Crippen LogP contribution is 2.08. The van der Waals surface area contributed by atoms with Crippen LogP contribution in [0.4, 0.5) is 0 Å². The van der Waals surface area contributed by atoms with Gasteiger partial charge in [-0.1, -0.05) is 39.0 Å². The van der Waals surface area contributed by atoms with Crippen LogP contribution in [0.2, 0.25) is 0 Å². The highest BCUT2D eigenvalue weighted by molar-refractivity contribution is 5.82. The quantitative estimate of drug-likeness (QED) is 0.634. The van der Waals surface area contributed by atoms with E-state index in [4.69, 9.17) is 0 Å². The van der Waals surface area contributed by atoms with E-state index in [1.54, 1.807) is 0 Å². The molecule has 1 saturated heterocycles. The number of carbonyl (C=O) groups excluding carboxylic acids is 1. The maximum atomic E-state index is 11.3. The Morgan fingerprint density at radius 3 is 2.71 bits per heavy atom. The van der Waals surface area contributed by atoms with Crippen molar-refractivity contribution >= 4 is 5.91 Å². The summed E-state index contributed by atoms with van der Waals surface area (Å²) in [6.07, 6.45) is 7.34. The van der Waals surface area contributed by atoms with Crippen LogP contribution in [0.15, 0.2) is 0 Å². The zero-order valence-corrected chi connectivity index (χ0v) is 9.14. The van der Waals surface area contributed by atoms with Gasteiger partial charge in [-0.3, -0.25) is 4.79 Å². The van der Waals surface area contributed by atoms with Gasteiger partial charge in [0.2, 0.25) is 5.91 Å². The van der Waals surface area contributed by atoms with E-state index in [2.05, 4.69) is 17.6 Å². The molecular weight excluding hydrogens is 176 g/mol. The third-order valence-electron chi connectivity index (χ3n) is 2.73. The third-order valence-corrected chi connectivity index (χ3v) is 2.73. The molecule has 0 aromatic rings. The Bertz CT molecular complexity index is 171. The van der Waals surface area contributed by atoms with E-state index >= 15 is 0 Å². The first-order chi connectivity index (χ1) is 6.84. The van der Waals surface area contributed by atoms with Gasteiger partial charge in [-0.25, -0.2) is 0 Å². The predicted molar refractivity (Wildman–Crippen MR) is 58.2 cm³/mol. The summed E-state index contributed by atoms with van der Waals surface area (Å²) < 4.78 is 0. The molecule has 1 unspecified atom stereocenters. The lowest BCUT2D eigenvalue weighted by Crippen LogP contribution is -2.52. The van der Waals surface area contributed by atoms with Crippen molar-refractivity contribution in [3.8, 4) is 0 Å². The summed E-state index contributed by atoms with van der Waals surface area (Å²) in [4.78, 5) is 11.3. The molecule has 3 heteroatoms. The fourth-order valence-corrected chi connectivity index (χ4v) is 1.83. The van der Waals surface area contributed by atoms with Crippen molar-refractivity contribution in [2.24, 2.45) is 0 Å². The SMILES string of the molecule is CCCCCCCC1NCCNC1=O. The van der Waals surface area contributed by atoms with Crippen LogP contribution >= 0.6 is 0 Å². The van der Waals surface area contributed by atoms with E-state index in [1.807, 2.05) is 0 Å². The highest BCUT2D eigenvalue weighted by atomic mass is 16.2. The van der Waals surface area contributed by atoms with Crippen molar-refractivity contribution < 1.29 is 4.79 Å². The maximum Gasteiger partial charge on any atom is 0.237 e. The molecule has 0 aliphatic carbocycles. The van der Waals surface area contributed by atoms with Gasteiger partial charge in [0.25, 0.3) is 0 Å². The zero-order chi connectivity index (χ0) is 10.2. The van der Waals surface area contributed by atoms with Crippen LogP contribution in [0.3, 0.4) is 0 Å². The van der Waals surface area contributed by atoms with Crippen LogP contribution in [0.25, 0.3) is 0 Å². The molecule has 0 spiro atoms. The van der Waals surface area contributed by atoms with Gasteiger partial charge in [-0.15, -0.1) is 0 Å². The van der Waals surface area contributed by atoms with Crippen LogP contribution in [-0.2, 0) is 4.79 Å². The number of nitrogens with one attached hydrogen (secondary N) is 2. The van der Waals surface area contributed by atoms with Crippen LogP contribution < -0.4 is 10.6 Å². The largest absolute Gasteiger partial charge is 0.353 e. The Morgan fingerprint density at radius 1 is 1.21 bits per heavy atom. The molecule has 1 heterocycles. The molecule has 0 aromatic heterocycles. The molecular formula is C11H22N2O. The Kier molecular flexibility index (Phi) is 5.60. The molecule has 0 bridgehead atoms. The molecule has 0 radical (unpaired) electrons. The normalized spacial score (nSPS) is 22.1. The Labute approximate surface area is 86.6 Å². The van der Waals surface area contributed by atoms with E-state index in [9.17, 15) is 4.79 Å². The number of carbonyl (C=O) groups is 1. The van der Waals surface area contributed by atoms with Gasteiger partial charge in [0.05, 0.1) is 6.04 Å². The molecule has 1 aliphatic heterocycles. The van der Waals surface area contributed by atoms with Gasteiger partial charge in [0.15, 0.2) is 0 Å². The predicted octanol–water partition coefficient (Wildman–Crippen LogP) is 1.43. The summed E-state index contributed by atoms with van der Waals surface area (Å²) in [5.41, 5.74) is 0. The van der Waals surface area contributed by atoms with Crippen molar-refractivity contribution in [2.45, 2.75) is 51.5 Å². The van der Waals surface area contributed by atoms with Crippen molar-refractivity contribution in [1.29, 1.82) is 0 Å². The second-order valence-corrected chi connectivity index (χ2v) is 4.00. The molecule has 3 nitrogen and oxygen atoms in total. The average Bonchev–Trinajstić information content (AvgIpc) is 2.20. The van der Waals surface area contributed by atoms with Crippen LogP contribution in [0, 0.1) is 0 Å². The number of hydrogen-bond donors (Lipinski definition) is 2. The van der Waals surface area contributed by atoms with Crippen molar-refractivity contribution in [2.75, 3.05) is 13.1 Å². The van der Waals surface area contributed by atoms with Crippen LogP contribution in [-0.4, -0.2) is 25.0 Å². The maximum absolute atomic E-state index is 11.3. The first-order valence-corrected chi connectivity index (χ1v) is 5.85. The molecule has 1 atom stereocenters. The molecule has 1 amide bonds. The van der Waals surface area contributed by atoms with Crippen LogP contribution in [0.5, 0.6) is 0 Å². The molecule has 14 heavy (non-hydrogen) atoms. The number of unbranched alkanes of at least 4 members (excludes halogenated alkanes) is 4. The Balaban J connectivity index is 2.02. The fraction of sp³-hybridized carbons (Fsp3) is 0.909. The second kappa shape index (κ2) is 6.82. The third kappa shape index (κ3) is 4.09. The lowest BCUT2D eigenvalue weighted by molar-refractivity contribution is -0.124. The van der Waals surface area contributed by atoms with Crippen molar-refractivity contribution in [1.82, 2.24) is 10.6 Å². The fourth-order valence-electron chi connectivity index (χ4n) is 1.83. The Hall–Kier alpha value is -0.570. The molecule has 82 valence electrons. The standard InChI is InChI=1S/C11H22N2O/c1-2-3-4-5-6-7-10-11(14)13-9-8-12-10/h10,12H,2-9H2,1H3,(H,13,14). The van der Waals surface area contributed by atoms with E-state index in [-0.39, 0.29) is 11.9 Å². The lowest BCUT2D eigenvalue weighted by Gasteiger charge is -2.23. The topological polar surface area (TPSA) is 41.1 Å². The van der Waals surface area contributed by atoms with Crippen LogP contribution in [0.1, 0.15) is 45.4 Å². The average molecular weight is 198 g/mol. The number of amides is 1. The lowest BCUT2D eigenvalue weighted by atomic mass is 10.0. The van der Waals surface area contributed by atoms with Gasteiger partial charge in [0.1, 0.15) is 0 Å². The first-order valence-electron chi connectivity index (χ1n) is 5.85. The van der Waals surface area contributed by atoms with Gasteiger partial charge in [-0.2, -0.15) is 0 Å². The summed E-state index contributed by atoms with van der Waals surface area (Å²) in [6, 6.07) is 0.0744. The molecule has 0 saturated carbocycles. The summed E-state index contributed by atoms with van der Waals surface area (Å²) in [5.74, 6) is 0.187. The molecule has 1 aliphatic rings. The number of hydrogen-bond acceptors (Lipinski definition) is 2. The number of rotatable bonds is 6. The van der Waals surface area contributed by atoms with Crippen molar-refractivity contribution in [3.05, 3.63) is 0 Å². The first kappa shape index (κ1) is 11.5. The second-order valence-electron chi connectivity index (χ2n) is 4.00. The van der Waals surface area contributed by atoms with Crippen molar-refractivity contribution in [3.63, 3.8) is 0 Å². The zero-order valence-electron chi connectivity index (χ0n) is 9.14. The molecule has 1 fully saturated rings. The molecule has 2 N–H and O–H groups in total. The smallest absolute Gasteiger partial charge is 0.237 e. The minimum atomic E-state index is 0.0744. The summed E-state index contributed by atoms with van der Waals surface area (Å²) in [5, 5.41) is 6.13. The number of piperazine rings is 1. The Morgan fingerprint density at radius 2 is 2.00 bits per heavy atom. The highest BCUT2D eigenvalue weighted by Gasteiger charge is 2.19. The van der Waals surface area contributed by atoms with Gasteiger partial charge < -0.3 is 10.6 Å². The van der Waals surface area contributed by atoms with E-state index in [0.717, 1.165) is 19.5 Å². The minimum absolute atomic E-state index is 0.0744. The molecule has 0 aromatic carbocycles. The van der Waals surface area contributed by atoms with E-state index < -0.39 is 0 Å². The summed E-state index contributed by atoms with van der Waals surface area (Å²) in [6.45, 7) is 3.92. The minimum Gasteiger partial charge on any atom is -0.353 e. The summed E-state index contributed by atoms with van der Waals surface area (Å²) >= 11 is 0. The van der Waals surface area contributed by atoms with E-state index in [1.165, 1.54) is 32.1 Å². The van der Waals surface area contributed by atoms with Gasteiger partial charge in [0, 0.05) is 13.1 Å². The van der Waals surface area contributed by atoms with Gasteiger partial charge in [-0.05, 0) is 6.42 Å².